The third-order valence-corrected chi connectivity index (χ3v) is 6.78. The Morgan fingerprint density at radius 1 is 0.967 bits per heavy atom. The zero-order chi connectivity index (χ0) is 20.5. The number of aromatic nitrogens is 2. The van der Waals surface area contributed by atoms with E-state index in [9.17, 15) is 9.18 Å². The van der Waals surface area contributed by atoms with Crippen LogP contribution in [0.15, 0.2) is 30.5 Å². The van der Waals surface area contributed by atoms with Gasteiger partial charge in [-0.05, 0) is 49.1 Å². The van der Waals surface area contributed by atoms with Gasteiger partial charge in [0.1, 0.15) is 5.82 Å². The summed E-state index contributed by atoms with van der Waals surface area (Å²) in [6, 6.07) is 6.57. The van der Waals surface area contributed by atoms with Gasteiger partial charge >= 0.3 is 0 Å². The van der Waals surface area contributed by atoms with E-state index in [4.69, 9.17) is 4.98 Å². The van der Waals surface area contributed by atoms with E-state index in [-0.39, 0.29) is 11.7 Å². The van der Waals surface area contributed by atoms with Crippen molar-refractivity contribution < 1.29 is 9.18 Å². The number of nitrogens with zero attached hydrogens (tertiary/aromatic N) is 5. The molecule has 1 saturated carbocycles. The Bertz CT molecular complexity index is 906. The van der Waals surface area contributed by atoms with Gasteiger partial charge in [-0.25, -0.2) is 14.4 Å². The fraction of sp³-hybridized carbons (Fsp3) is 0.522. The average molecular weight is 410 g/mol. The molecule has 3 aliphatic rings. The van der Waals surface area contributed by atoms with Crippen molar-refractivity contribution in [2.75, 3.05) is 44.2 Å². The van der Waals surface area contributed by atoms with Crippen LogP contribution in [0.1, 0.15) is 40.9 Å². The highest BCUT2D eigenvalue weighted by molar-refractivity contribution is 5.94. The summed E-state index contributed by atoms with van der Waals surface area (Å²) in [5.74, 6) is 0.439. The zero-order valence-electron chi connectivity index (χ0n) is 17.3. The number of fused-ring (bicyclic) bond motifs is 1. The summed E-state index contributed by atoms with van der Waals surface area (Å²) in [6.07, 6.45) is 7.49. The van der Waals surface area contributed by atoms with Gasteiger partial charge in [0, 0.05) is 63.5 Å². The number of carbonyl (C=O) groups is 1. The molecule has 5 rings (SSSR count). The van der Waals surface area contributed by atoms with Crippen LogP contribution in [0.4, 0.5) is 10.3 Å². The lowest BCUT2D eigenvalue weighted by Crippen LogP contribution is -2.52. The van der Waals surface area contributed by atoms with Crippen LogP contribution in [0.3, 0.4) is 0 Å². The Morgan fingerprint density at radius 3 is 2.40 bits per heavy atom. The molecule has 0 spiro atoms. The predicted molar refractivity (Wildman–Crippen MR) is 113 cm³/mol. The number of halogens is 1. The van der Waals surface area contributed by atoms with Crippen LogP contribution >= 0.6 is 0 Å². The molecule has 0 radical (unpaired) electrons. The number of rotatable bonds is 3. The fourth-order valence-corrected chi connectivity index (χ4v) is 4.63. The Labute approximate surface area is 176 Å². The van der Waals surface area contributed by atoms with E-state index >= 15 is 0 Å². The van der Waals surface area contributed by atoms with Gasteiger partial charge in [0.2, 0.25) is 5.95 Å². The molecule has 6 nitrogen and oxygen atoms in total. The summed E-state index contributed by atoms with van der Waals surface area (Å²) in [7, 11) is 0. The number of amides is 1. The quantitative estimate of drug-likeness (QED) is 0.780. The first-order valence-corrected chi connectivity index (χ1v) is 11.1. The van der Waals surface area contributed by atoms with Crippen LogP contribution in [0.25, 0.3) is 0 Å². The van der Waals surface area contributed by atoms with Crippen molar-refractivity contribution in [3.63, 3.8) is 0 Å². The van der Waals surface area contributed by atoms with Crippen molar-refractivity contribution in [1.29, 1.82) is 0 Å². The van der Waals surface area contributed by atoms with Gasteiger partial charge in [0.05, 0.1) is 5.69 Å². The van der Waals surface area contributed by atoms with Crippen molar-refractivity contribution in [1.82, 2.24) is 19.8 Å². The minimum atomic E-state index is -0.328. The minimum absolute atomic E-state index is 0.0527. The summed E-state index contributed by atoms with van der Waals surface area (Å²) in [6.45, 7) is 5.38. The van der Waals surface area contributed by atoms with Crippen molar-refractivity contribution in [2.24, 2.45) is 0 Å². The second-order valence-electron chi connectivity index (χ2n) is 8.55. The SMILES string of the molecule is O=C(c1ccc(F)cc1)N1CCc2cnc(N3CCN(C4CCC4)CC3)nc2CC1. The summed E-state index contributed by atoms with van der Waals surface area (Å²) >= 11 is 0. The standard InChI is InChI=1S/C23H28FN5O/c24-19-6-4-17(5-7-19)22(30)28-10-8-18-16-25-23(26-21(18)9-11-28)29-14-12-27(13-15-29)20-2-1-3-20/h4-7,16,20H,1-3,8-15H2. The van der Waals surface area contributed by atoms with E-state index < -0.39 is 0 Å². The van der Waals surface area contributed by atoms with Crippen LogP contribution in [-0.4, -0.2) is 71.0 Å². The first kappa shape index (κ1) is 19.4. The minimum Gasteiger partial charge on any atom is -0.338 e. The second-order valence-corrected chi connectivity index (χ2v) is 8.55. The Morgan fingerprint density at radius 2 is 1.70 bits per heavy atom. The molecule has 2 aromatic rings. The van der Waals surface area contributed by atoms with E-state index in [1.807, 2.05) is 11.1 Å². The Hall–Kier alpha value is -2.54. The second kappa shape index (κ2) is 8.30. The van der Waals surface area contributed by atoms with Crippen molar-refractivity contribution in [3.8, 4) is 0 Å². The summed E-state index contributed by atoms with van der Waals surface area (Å²) in [4.78, 5) is 29.1. The summed E-state index contributed by atoms with van der Waals surface area (Å²) in [5, 5.41) is 0. The van der Waals surface area contributed by atoms with E-state index in [0.29, 0.717) is 18.7 Å². The van der Waals surface area contributed by atoms with Crippen LogP contribution in [0.5, 0.6) is 0 Å². The first-order chi connectivity index (χ1) is 14.7. The average Bonchev–Trinajstić information content (AvgIpc) is 2.95. The van der Waals surface area contributed by atoms with Gasteiger partial charge in [0.15, 0.2) is 0 Å². The molecular weight excluding hydrogens is 381 g/mol. The number of piperazine rings is 1. The van der Waals surface area contributed by atoms with Crippen LogP contribution in [-0.2, 0) is 12.8 Å². The van der Waals surface area contributed by atoms with Crippen molar-refractivity contribution in [3.05, 3.63) is 53.1 Å². The lowest BCUT2D eigenvalue weighted by molar-refractivity contribution is 0.0763. The highest BCUT2D eigenvalue weighted by Gasteiger charge is 2.29. The highest BCUT2D eigenvalue weighted by Crippen LogP contribution is 2.26. The normalized spacial score (nSPS) is 20.4. The first-order valence-electron chi connectivity index (χ1n) is 11.1. The van der Waals surface area contributed by atoms with Crippen molar-refractivity contribution >= 4 is 11.9 Å². The highest BCUT2D eigenvalue weighted by atomic mass is 19.1. The predicted octanol–water partition coefficient (Wildman–Crippen LogP) is 2.53. The largest absolute Gasteiger partial charge is 0.338 e. The zero-order valence-corrected chi connectivity index (χ0v) is 17.3. The van der Waals surface area contributed by atoms with E-state index in [1.54, 1.807) is 12.1 Å². The van der Waals surface area contributed by atoms with Crippen LogP contribution in [0.2, 0.25) is 0 Å². The van der Waals surface area contributed by atoms with Crippen LogP contribution in [0, 0.1) is 5.82 Å². The molecule has 2 fully saturated rings. The van der Waals surface area contributed by atoms with E-state index in [0.717, 1.165) is 62.3 Å². The molecule has 0 atom stereocenters. The molecule has 3 heterocycles. The number of carbonyl (C=O) groups excluding carboxylic acids is 1. The van der Waals surface area contributed by atoms with Gasteiger partial charge in [-0.2, -0.15) is 0 Å². The summed E-state index contributed by atoms with van der Waals surface area (Å²) < 4.78 is 13.2. The molecule has 1 aliphatic carbocycles. The van der Waals surface area contributed by atoms with Crippen LogP contribution < -0.4 is 4.90 Å². The lowest BCUT2D eigenvalue weighted by atomic mass is 9.91. The molecule has 7 heteroatoms. The van der Waals surface area contributed by atoms with Gasteiger partial charge in [0.25, 0.3) is 5.91 Å². The topological polar surface area (TPSA) is 52.6 Å². The molecule has 30 heavy (non-hydrogen) atoms. The number of hydrogen-bond acceptors (Lipinski definition) is 5. The maximum Gasteiger partial charge on any atom is 0.253 e. The monoisotopic (exact) mass is 409 g/mol. The third kappa shape index (κ3) is 3.90. The van der Waals surface area contributed by atoms with Crippen molar-refractivity contribution in [2.45, 2.75) is 38.1 Å². The Kier molecular flexibility index (Phi) is 5.37. The fourth-order valence-electron chi connectivity index (χ4n) is 4.63. The molecule has 1 aromatic heterocycles. The molecule has 0 unspecified atom stereocenters. The molecule has 2 aliphatic heterocycles. The van der Waals surface area contributed by atoms with Gasteiger partial charge in [-0.1, -0.05) is 6.42 Å². The molecule has 158 valence electrons. The van der Waals surface area contributed by atoms with Gasteiger partial charge in [-0.3, -0.25) is 9.69 Å². The molecule has 0 bridgehead atoms. The number of hydrogen-bond donors (Lipinski definition) is 0. The van der Waals surface area contributed by atoms with E-state index in [2.05, 4.69) is 14.8 Å². The smallest absolute Gasteiger partial charge is 0.253 e. The lowest BCUT2D eigenvalue weighted by Gasteiger charge is -2.43. The number of anilines is 1. The molecular formula is C23H28FN5O. The molecule has 1 saturated heterocycles. The Balaban J connectivity index is 1.23. The molecule has 1 amide bonds. The third-order valence-electron chi connectivity index (χ3n) is 6.78. The molecule has 1 aromatic carbocycles. The summed E-state index contributed by atoms with van der Waals surface area (Å²) in [5.41, 5.74) is 2.70. The van der Waals surface area contributed by atoms with Gasteiger partial charge in [-0.15, -0.1) is 0 Å². The van der Waals surface area contributed by atoms with Gasteiger partial charge < -0.3 is 9.80 Å². The maximum atomic E-state index is 13.2. The molecule has 0 N–H and O–H groups in total. The number of benzene rings is 1. The van der Waals surface area contributed by atoms with E-state index in [1.165, 1.54) is 31.4 Å². The maximum absolute atomic E-state index is 13.2.